The second kappa shape index (κ2) is 4.48. The van der Waals surface area contributed by atoms with Crippen LogP contribution in [0.25, 0.3) is 11.3 Å². The summed E-state index contributed by atoms with van der Waals surface area (Å²) in [5.74, 6) is -6.57. The van der Waals surface area contributed by atoms with E-state index in [1.807, 2.05) is 0 Å². The summed E-state index contributed by atoms with van der Waals surface area (Å²) in [5.41, 5.74) is -1.47. The number of halogens is 2. The molecule has 0 saturated carbocycles. The SMILES string of the molecule is O=C(O)c1cc(-c2ccc(C(=O)O)c(F)c2F)no1. The predicted octanol–water partition coefficient (Wildman–Crippen LogP) is 2.02. The molecular formula is C11H5F2NO5. The predicted molar refractivity (Wildman–Crippen MR) is 55.8 cm³/mol. The molecule has 0 saturated heterocycles. The number of aromatic carboxylic acids is 2. The van der Waals surface area contributed by atoms with Crippen molar-refractivity contribution in [2.75, 3.05) is 0 Å². The molecule has 0 fully saturated rings. The van der Waals surface area contributed by atoms with Gasteiger partial charge in [-0.1, -0.05) is 5.16 Å². The maximum atomic E-state index is 13.7. The third-order valence-corrected chi connectivity index (χ3v) is 2.31. The van der Waals surface area contributed by atoms with Crippen molar-refractivity contribution in [2.45, 2.75) is 0 Å². The Morgan fingerprint density at radius 2 is 1.79 bits per heavy atom. The number of carboxylic acids is 2. The lowest BCUT2D eigenvalue weighted by Crippen LogP contribution is -2.03. The fourth-order valence-corrected chi connectivity index (χ4v) is 1.42. The van der Waals surface area contributed by atoms with Gasteiger partial charge in [0.05, 0.1) is 5.56 Å². The molecule has 1 aromatic carbocycles. The van der Waals surface area contributed by atoms with E-state index in [2.05, 4.69) is 9.68 Å². The van der Waals surface area contributed by atoms with Gasteiger partial charge in [-0.3, -0.25) is 0 Å². The van der Waals surface area contributed by atoms with Gasteiger partial charge < -0.3 is 14.7 Å². The summed E-state index contributed by atoms with van der Waals surface area (Å²) in [6.07, 6.45) is 0. The average molecular weight is 269 g/mol. The molecule has 0 aliphatic rings. The molecule has 0 bridgehead atoms. The first kappa shape index (κ1) is 12.7. The normalized spacial score (nSPS) is 10.4. The van der Waals surface area contributed by atoms with E-state index in [1.54, 1.807) is 0 Å². The van der Waals surface area contributed by atoms with E-state index in [4.69, 9.17) is 10.2 Å². The van der Waals surface area contributed by atoms with Crippen LogP contribution in [0.1, 0.15) is 20.9 Å². The summed E-state index contributed by atoms with van der Waals surface area (Å²) in [5, 5.41) is 20.5. The average Bonchev–Trinajstić information content (AvgIpc) is 2.81. The van der Waals surface area contributed by atoms with Crippen molar-refractivity contribution in [3.63, 3.8) is 0 Å². The molecule has 0 radical (unpaired) electrons. The first-order valence-electron chi connectivity index (χ1n) is 4.83. The Balaban J connectivity index is 2.54. The molecule has 2 rings (SSSR count). The van der Waals surface area contributed by atoms with Gasteiger partial charge in [0, 0.05) is 11.6 Å². The van der Waals surface area contributed by atoms with Crippen LogP contribution in [-0.2, 0) is 0 Å². The maximum absolute atomic E-state index is 13.7. The lowest BCUT2D eigenvalue weighted by Gasteiger charge is -2.02. The van der Waals surface area contributed by atoms with Crippen LogP contribution < -0.4 is 0 Å². The molecule has 98 valence electrons. The van der Waals surface area contributed by atoms with E-state index < -0.39 is 40.5 Å². The minimum atomic E-state index is -1.62. The van der Waals surface area contributed by atoms with Crippen LogP contribution in [0.5, 0.6) is 0 Å². The van der Waals surface area contributed by atoms with Crippen LogP contribution in [0, 0.1) is 11.6 Å². The number of hydrogen-bond acceptors (Lipinski definition) is 4. The van der Waals surface area contributed by atoms with Crippen molar-refractivity contribution in [1.29, 1.82) is 0 Å². The Kier molecular flexibility index (Phi) is 2.99. The van der Waals surface area contributed by atoms with Crippen molar-refractivity contribution in [2.24, 2.45) is 0 Å². The van der Waals surface area contributed by atoms with Gasteiger partial charge in [0.2, 0.25) is 5.76 Å². The number of rotatable bonds is 3. The van der Waals surface area contributed by atoms with E-state index in [0.717, 1.165) is 18.2 Å². The maximum Gasteiger partial charge on any atom is 0.374 e. The highest BCUT2D eigenvalue weighted by Gasteiger charge is 2.21. The van der Waals surface area contributed by atoms with Crippen LogP contribution >= 0.6 is 0 Å². The van der Waals surface area contributed by atoms with Crippen LogP contribution in [-0.4, -0.2) is 27.3 Å². The van der Waals surface area contributed by atoms with Gasteiger partial charge in [-0.15, -0.1) is 0 Å². The van der Waals surface area contributed by atoms with E-state index in [1.165, 1.54) is 0 Å². The van der Waals surface area contributed by atoms with Crippen LogP contribution in [0.4, 0.5) is 8.78 Å². The number of carboxylic acid groups (broad SMARTS) is 2. The molecule has 6 nitrogen and oxygen atoms in total. The quantitative estimate of drug-likeness (QED) is 0.883. The van der Waals surface area contributed by atoms with E-state index in [9.17, 15) is 18.4 Å². The molecule has 1 heterocycles. The van der Waals surface area contributed by atoms with E-state index >= 15 is 0 Å². The van der Waals surface area contributed by atoms with Crippen LogP contribution in [0.2, 0.25) is 0 Å². The zero-order valence-electron chi connectivity index (χ0n) is 9.05. The van der Waals surface area contributed by atoms with Crippen molar-refractivity contribution in [1.82, 2.24) is 5.16 Å². The summed E-state index contributed by atoms with van der Waals surface area (Å²) in [4.78, 5) is 21.2. The number of carbonyl (C=O) groups is 2. The molecule has 2 N–H and O–H groups in total. The number of nitrogens with zero attached hydrogens (tertiary/aromatic N) is 1. The molecule has 2 aromatic rings. The fourth-order valence-electron chi connectivity index (χ4n) is 1.42. The van der Waals surface area contributed by atoms with Crippen molar-refractivity contribution in [3.05, 3.63) is 41.2 Å². The van der Waals surface area contributed by atoms with Crippen LogP contribution in [0.3, 0.4) is 0 Å². The lowest BCUT2D eigenvalue weighted by molar-refractivity contribution is 0.0649. The van der Waals surface area contributed by atoms with Gasteiger partial charge in [0.1, 0.15) is 5.69 Å². The van der Waals surface area contributed by atoms with Gasteiger partial charge in [0.25, 0.3) is 0 Å². The number of aromatic nitrogens is 1. The molecule has 0 aliphatic carbocycles. The summed E-state index contributed by atoms with van der Waals surface area (Å²) in [6.45, 7) is 0. The topological polar surface area (TPSA) is 101 Å². The number of benzene rings is 1. The largest absolute Gasteiger partial charge is 0.478 e. The van der Waals surface area contributed by atoms with Crippen molar-refractivity contribution < 1.29 is 33.1 Å². The zero-order valence-corrected chi connectivity index (χ0v) is 9.05. The summed E-state index contributed by atoms with van der Waals surface area (Å²) >= 11 is 0. The first-order chi connectivity index (χ1) is 8.91. The van der Waals surface area contributed by atoms with Gasteiger partial charge in [-0.05, 0) is 12.1 Å². The number of hydrogen-bond donors (Lipinski definition) is 2. The molecular weight excluding hydrogens is 264 g/mol. The highest BCUT2D eigenvalue weighted by molar-refractivity contribution is 5.89. The van der Waals surface area contributed by atoms with Crippen molar-refractivity contribution >= 4 is 11.9 Å². The summed E-state index contributed by atoms with van der Waals surface area (Å²) in [7, 11) is 0. The third kappa shape index (κ3) is 2.15. The smallest absolute Gasteiger partial charge is 0.374 e. The molecule has 19 heavy (non-hydrogen) atoms. The molecule has 0 atom stereocenters. The Labute approximate surface area is 103 Å². The zero-order chi connectivity index (χ0) is 14.2. The van der Waals surface area contributed by atoms with E-state index in [-0.39, 0.29) is 5.69 Å². The molecule has 0 unspecified atom stereocenters. The second-order valence-electron chi connectivity index (χ2n) is 3.48. The van der Waals surface area contributed by atoms with Crippen LogP contribution in [0.15, 0.2) is 22.7 Å². The van der Waals surface area contributed by atoms with Crippen molar-refractivity contribution in [3.8, 4) is 11.3 Å². The molecule has 0 spiro atoms. The molecule has 0 amide bonds. The van der Waals surface area contributed by atoms with E-state index in [0.29, 0.717) is 0 Å². The Morgan fingerprint density at radius 3 is 2.32 bits per heavy atom. The van der Waals surface area contributed by atoms with Gasteiger partial charge >= 0.3 is 11.9 Å². The molecule has 0 aliphatic heterocycles. The molecule has 8 heteroatoms. The standard InChI is InChI=1S/C11H5F2NO5/c12-8-4(1-2-5(9(8)13)10(15)16)6-3-7(11(17)18)19-14-6/h1-3H,(H,15,16)(H,17,18). The highest BCUT2D eigenvalue weighted by atomic mass is 19.2. The Hall–Kier alpha value is -2.77. The van der Waals surface area contributed by atoms with Gasteiger partial charge in [-0.25, -0.2) is 18.4 Å². The minimum Gasteiger partial charge on any atom is -0.478 e. The highest BCUT2D eigenvalue weighted by Crippen LogP contribution is 2.26. The summed E-state index contributed by atoms with van der Waals surface area (Å²) < 4.78 is 31.5. The monoisotopic (exact) mass is 269 g/mol. The van der Waals surface area contributed by atoms with Gasteiger partial charge in [-0.2, -0.15) is 0 Å². The Bertz CT molecular complexity index is 680. The first-order valence-corrected chi connectivity index (χ1v) is 4.83. The fraction of sp³-hybridized carbons (Fsp3) is 0. The third-order valence-electron chi connectivity index (χ3n) is 2.31. The Morgan fingerprint density at radius 1 is 1.11 bits per heavy atom. The molecule has 1 aromatic heterocycles. The summed E-state index contributed by atoms with van der Waals surface area (Å²) in [6, 6.07) is 2.73. The minimum absolute atomic E-state index is 0.245. The lowest BCUT2D eigenvalue weighted by atomic mass is 10.1. The van der Waals surface area contributed by atoms with Gasteiger partial charge in [0.15, 0.2) is 11.6 Å². The second-order valence-corrected chi connectivity index (χ2v) is 3.48.